The van der Waals surface area contributed by atoms with Gasteiger partial charge in [-0.05, 0) is 24.6 Å². The van der Waals surface area contributed by atoms with Gasteiger partial charge >= 0.3 is 5.97 Å². The third kappa shape index (κ3) is 4.03. The fourth-order valence-electron chi connectivity index (χ4n) is 1.94. The van der Waals surface area contributed by atoms with E-state index in [0.717, 1.165) is 11.8 Å². The molecule has 1 amide bonds. The monoisotopic (exact) mass is 319 g/mol. The molecule has 2 aromatic rings. The van der Waals surface area contributed by atoms with Gasteiger partial charge in [0.1, 0.15) is 6.26 Å². The second kappa shape index (κ2) is 7.35. The molecule has 0 spiro atoms. The maximum atomic E-state index is 11.9. The molecule has 7 nitrogen and oxygen atoms in total. The molecule has 23 heavy (non-hydrogen) atoms. The molecule has 122 valence electrons. The molecule has 0 saturated carbocycles. The van der Waals surface area contributed by atoms with Crippen molar-refractivity contribution < 1.29 is 28.6 Å². The number of furan rings is 1. The van der Waals surface area contributed by atoms with E-state index in [1.54, 1.807) is 25.3 Å². The Balaban J connectivity index is 2.03. The van der Waals surface area contributed by atoms with Crippen molar-refractivity contribution in [2.24, 2.45) is 0 Å². The molecule has 1 heterocycles. The maximum absolute atomic E-state index is 11.9. The molecule has 1 aromatic heterocycles. The number of nitrogens with one attached hydrogen (secondary N) is 1. The zero-order chi connectivity index (χ0) is 16.8. The van der Waals surface area contributed by atoms with Crippen LogP contribution in [-0.2, 0) is 6.54 Å². The van der Waals surface area contributed by atoms with E-state index in [0.29, 0.717) is 18.1 Å². The van der Waals surface area contributed by atoms with Gasteiger partial charge in [0, 0.05) is 12.6 Å². The second-order valence-corrected chi connectivity index (χ2v) is 4.61. The molecule has 0 aliphatic heterocycles. The summed E-state index contributed by atoms with van der Waals surface area (Å²) in [7, 11) is 1.55. The quantitative estimate of drug-likeness (QED) is 0.812. The number of hydrogen-bond acceptors (Lipinski definition) is 5. The lowest BCUT2D eigenvalue weighted by molar-refractivity contribution is 0.0696. The van der Waals surface area contributed by atoms with Crippen molar-refractivity contribution in [2.45, 2.75) is 13.5 Å². The molecule has 0 fully saturated rings. The number of aromatic carboxylic acids is 1. The first kappa shape index (κ1) is 16.4. The summed E-state index contributed by atoms with van der Waals surface area (Å²) in [4.78, 5) is 22.7. The molecule has 0 aliphatic rings. The van der Waals surface area contributed by atoms with Crippen LogP contribution in [0.4, 0.5) is 0 Å². The van der Waals surface area contributed by atoms with E-state index in [2.05, 4.69) is 5.32 Å². The van der Waals surface area contributed by atoms with Crippen molar-refractivity contribution >= 4 is 11.9 Å². The number of ether oxygens (including phenoxy) is 2. The molecular formula is C16H17NO6. The molecule has 0 radical (unpaired) electrons. The highest BCUT2D eigenvalue weighted by Gasteiger charge is 2.14. The number of amides is 1. The van der Waals surface area contributed by atoms with Gasteiger partial charge in [-0.25, -0.2) is 4.79 Å². The summed E-state index contributed by atoms with van der Waals surface area (Å²) in [6, 6.07) is 6.50. The zero-order valence-corrected chi connectivity index (χ0v) is 12.8. The van der Waals surface area contributed by atoms with Crippen LogP contribution in [0.5, 0.6) is 11.5 Å². The van der Waals surface area contributed by atoms with Crippen LogP contribution in [0.15, 0.2) is 34.9 Å². The van der Waals surface area contributed by atoms with Gasteiger partial charge in [-0.1, -0.05) is 6.07 Å². The predicted molar refractivity (Wildman–Crippen MR) is 81.0 cm³/mol. The Hall–Kier alpha value is -2.96. The van der Waals surface area contributed by atoms with Crippen molar-refractivity contribution in [1.82, 2.24) is 5.32 Å². The maximum Gasteiger partial charge on any atom is 0.338 e. The van der Waals surface area contributed by atoms with Crippen molar-refractivity contribution in [3.8, 4) is 11.5 Å². The van der Waals surface area contributed by atoms with Gasteiger partial charge in [0.05, 0.1) is 19.3 Å². The third-order valence-corrected chi connectivity index (χ3v) is 3.05. The minimum atomic E-state index is -1.15. The molecule has 0 saturated heterocycles. The Bertz CT molecular complexity index is 706. The van der Waals surface area contributed by atoms with Crippen LogP contribution in [0, 0.1) is 0 Å². The van der Waals surface area contributed by atoms with Crippen LogP contribution in [0.25, 0.3) is 0 Å². The minimum Gasteiger partial charge on any atom is -0.493 e. The number of hydrogen-bond donors (Lipinski definition) is 2. The summed E-state index contributed by atoms with van der Waals surface area (Å²) in [5, 5.41) is 11.5. The highest BCUT2D eigenvalue weighted by molar-refractivity contribution is 5.95. The van der Waals surface area contributed by atoms with E-state index >= 15 is 0 Å². The smallest absolute Gasteiger partial charge is 0.338 e. The number of carbonyl (C=O) groups is 2. The molecule has 2 N–H and O–H groups in total. The van der Waals surface area contributed by atoms with E-state index in [1.807, 2.05) is 6.92 Å². The Morgan fingerprint density at radius 3 is 2.65 bits per heavy atom. The normalized spacial score (nSPS) is 10.2. The average Bonchev–Trinajstić information content (AvgIpc) is 3.03. The van der Waals surface area contributed by atoms with Crippen molar-refractivity contribution in [1.29, 1.82) is 0 Å². The molecule has 1 aromatic carbocycles. The summed E-state index contributed by atoms with van der Waals surface area (Å²) < 4.78 is 15.6. The van der Waals surface area contributed by atoms with Crippen LogP contribution in [0.3, 0.4) is 0 Å². The molecule has 7 heteroatoms. The van der Waals surface area contributed by atoms with E-state index in [4.69, 9.17) is 19.0 Å². The van der Waals surface area contributed by atoms with Crippen LogP contribution in [-0.4, -0.2) is 30.7 Å². The highest BCUT2D eigenvalue weighted by atomic mass is 16.5. The Morgan fingerprint density at radius 2 is 2.04 bits per heavy atom. The third-order valence-electron chi connectivity index (χ3n) is 3.05. The van der Waals surface area contributed by atoms with Gasteiger partial charge in [-0.2, -0.15) is 0 Å². The first-order valence-corrected chi connectivity index (χ1v) is 6.95. The second-order valence-electron chi connectivity index (χ2n) is 4.61. The molecule has 0 aliphatic carbocycles. The Morgan fingerprint density at radius 1 is 1.26 bits per heavy atom. The summed E-state index contributed by atoms with van der Waals surface area (Å²) in [5.41, 5.74) is 0.742. The van der Waals surface area contributed by atoms with Crippen LogP contribution in [0.2, 0.25) is 0 Å². The summed E-state index contributed by atoms with van der Waals surface area (Å²) >= 11 is 0. The van der Waals surface area contributed by atoms with Crippen LogP contribution < -0.4 is 14.8 Å². The zero-order valence-electron chi connectivity index (χ0n) is 12.8. The van der Waals surface area contributed by atoms with Crippen molar-refractivity contribution in [3.05, 3.63) is 47.4 Å². The van der Waals surface area contributed by atoms with Crippen LogP contribution in [0.1, 0.15) is 33.4 Å². The lowest BCUT2D eigenvalue weighted by Gasteiger charge is -2.11. The molecule has 0 atom stereocenters. The average molecular weight is 319 g/mol. The number of methoxy groups -OCH3 is 1. The van der Waals surface area contributed by atoms with Gasteiger partial charge in [0.15, 0.2) is 17.3 Å². The van der Waals surface area contributed by atoms with Gasteiger partial charge in [-0.15, -0.1) is 0 Å². The lowest BCUT2D eigenvalue weighted by atomic mass is 10.2. The predicted octanol–water partition coefficient (Wildman–Crippen LogP) is 2.32. The van der Waals surface area contributed by atoms with Gasteiger partial charge in [0.25, 0.3) is 5.91 Å². The number of carboxylic acid groups (broad SMARTS) is 1. The largest absolute Gasteiger partial charge is 0.493 e. The topological polar surface area (TPSA) is 98.0 Å². The molecular weight excluding hydrogens is 302 g/mol. The number of carbonyl (C=O) groups excluding carboxylic acids is 1. The van der Waals surface area contributed by atoms with E-state index in [9.17, 15) is 9.59 Å². The standard InChI is InChI=1S/C16H17NO6/c1-3-22-13-6-10(4-5-12(13)21-2)8-17-15(18)14-7-11(9-23-14)16(19)20/h4-7,9H,3,8H2,1-2H3,(H,17,18)(H,19,20). The number of carboxylic acids is 1. The molecule has 2 rings (SSSR count). The lowest BCUT2D eigenvalue weighted by Crippen LogP contribution is -2.22. The summed E-state index contributed by atoms with van der Waals surface area (Å²) in [6.07, 6.45) is 1.03. The Kier molecular flexibility index (Phi) is 5.24. The summed E-state index contributed by atoms with van der Waals surface area (Å²) in [6.45, 7) is 2.60. The first-order chi connectivity index (χ1) is 11.0. The van der Waals surface area contributed by atoms with Gasteiger partial charge in [0.2, 0.25) is 0 Å². The molecule has 0 bridgehead atoms. The fraction of sp³-hybridized carbons (Fsp3) is 0.250. The Labute approximate surface area is 132 Å². The van der Waals surface area contributed by atoms with E-state index in [-0.39, 0.29) is 17.9 Å². The number of rotatable bonds is 7. The van der Waals surface area contributed by atoms with Crippen molar-refractivity contribution in [2.75, 3.05) is 13.7 Å². The first-order valence-electron chi connectivity index (χ1n) is 6.95. The van der Waals surface area contributed by atoms with Crippen molar-refractivity contribution in [3.63, 3.8) is 0 Å². The highest BCUT2D eigenvalue weighted by Crippen LogP contribution is 2.28. The van der Waals surface area contributed by atoms with Gasteiger partial charge in [-0.3, -0.25) is 4.79 Å². The van der Waals surface area contributed by atoms with E-state index < -0.39 is 11.9 Å². The summed E-state index contributed by atoms with van der Waals surface area (Å²) in [5.74, 6) is -0.497. The van der Waals surface area contributed by atoms with Crippen LogP contribution >= 0.6 is 0 Å². The minimum absolute atomic E-state index is 0.0547. The van der Waals surface area contributed by atoms with E-state index in [1.165, 1.54) is 6.07 Å². The SMILES string of the molecule is CCOc1cc(CNC(=O)c2cc(C(=O)O)co2)ccc1OC. The molecule has 0 unspecified atom stereocenters. The van der Waals surface area contributed by atoms with Gasteiger partial charge < -0.3 is 24.3 Å². The fourth-order valence-corrected chi connectivity index (χ4v) is 1.94. The number of benzene rings is 1.